The van der Waals surface area contributed by atoms with Crippen molar-refractivity contribution in [1.29, 1.82) is 0 Å². The molecule has 0 bridgehead atoms. The van der Waals surface area contributed by atoms with Crippen molar-refractivity contribution in [2.24, 2.45) is 5.10 Å². The van der Waals surface area contributed by atoms with Crippen LogP contribution < -0.4 is 5.43 Å². The number of para-hydroxylation sites is 1. The first-order valence-corrected chi connectivity index (χ1v) is 7.40. The van der Waals surface area contributed by atoms with Crippen molar-refractivity contribution in [2.75, 3.05) is 5.43 Å². The molecule has 0 aliphatic rings. The Labute approximate surface area is 137 Å². The maximum Gasteiger partial charge on any atom is 0.265 e. The molecule has 0 aliphatic heterocycles. The van der Waals surface area contributed by atoms with Gasteiger partial charge in [0.2, 0.25) is 0 Å². The number of phenols is 1. The van der Waals surface area contributed by atoms with Gasteiger partial charge in [-0.2, -0.15) is 10.1 Å². The average Bonchev–Trinajstić information content (AvgIpc) is 2.96. The smallest absolute Gasteiger partial charge is 0.265 e. The molecule has 2 aromatic heterocycles. The first kappa shape index (κ1) is 14.1. The van der Waals surface area contributed by atoms with Crippen LogP contribution in [-0.2, 0) is 0 Å². The zero-order chi connectivity index (χ0) is 16.5. The molecule has 0 unspecified atom stereocenters. The molecular weight excluding hydrogens is 304 g/mol. The van der Waals surface area contributed by atoms with Crippen molar-refractivity contribution < 1.29 is 5.11 Å². The molecule has 7 nitrogen and oxygen atoms in total. The van der Waals surface area contributed by atoms with E-state index in [0.717, 1.165) is 27.5 Å². The van der Waals surface area contributed by atoms with Crippen molar-refractivity contribution in [3.8, 4) is 5.75 Å². The second-order valence-corrected chi connectivity index (χ2v) is 5.42. The highest BCUT2D eigenvalue weighted by Gasteiger charge is 2.09. The van der Waals surface area contributed by atoms with E-state index in [-0.39, 0.29) is 5.75 Å². The minimum absolute atomic E-state index is 0.215. The lowest BCUT2D eigenvalue weighted by Crippen LogP contribution is -1.98. The van der Waals surface area contributed by atoms with Gasteiger partial charge in [0.15, 0.2) is 5.65 Å². The van der Waals surface area contributed by atoms with Gasteiger partial charge in [0, 0.05) is 5.39 Å². The van der Waals surface area contributed by atoms with Crippen LogP contribution in [0.1, 0.15) is 11.1 Å². The molecule has 0 saturated heterocycles. The van der Waals surface area contributed by atoms with Crippen LogP contribution in [0.5, 0.6) is 5.75 Å². The second-order valence-electron chi connectivity index (χ2n) is 5.42. The van der Waals surface area contributed by atoms with Gasteiger partial charge in [-0.15, -0.1) is 10.2 Å². The number of benzene rings is 2. The van der Waals surface area contributed by atoms with Crippen molar-refractivity contribution in [2.45, 2.75) is 6.92 Å². The number of hydrazone groups is 1. The Kier molecular flexibility index (Phi) is 3.31. The van der Waals surface area contributed by atoms with Gasteiger partial charge in [-0.3, -0.25) is 0 Å². The van der Waals surface area contributed by atoms with Gasteiger partial charge in [-0.25, -0.2) is 5.43 Å². The molecule has 4 rings (SSSR count). The normalized spacial score (nSPS) is 11.5. The molecule has 24 heavy (non-hydrogen) atoms. The van der Waals surface area contributed by atoms with E-state index in [2.05, 4.69) is 30.7 Å². The van der Waals surface area contributed by atoms with Gasteiger partial charge < -0.3 is 10.1 Å². The van der Waals surface area contributed by atoms with E-state index in [1.54, 1.807) is 30.5 Å². The van der Waals surface area contributed by atoms with E-state index >= 15 is 0 Å². The minimum Gasteiger partial charge on any atom is -0.508 e. The lowest BCUT2D eigenvalue weighted by Gasteiger charge is -1.97. The number of rotatable bonds is 3. The number of nitrogens with one attached hydrogen (secondary N) is 2. The number of aromatic nitrogens is 4. The Hall–Kier alpha value is -3.48. The number of phenolic OH excluding ortho intramolecular Hbond substituents is 1. The van der Waals surface area contributed by atoms with Crippen molar-refractivity contribution >= 4 is 34.2 Å². The zero-order valence-corrected chi connectivity index (χ0v) is 12.9. The average molecular weight is 318 g/mol. The van der Waals surface area contributed by atoms with Crippen LogP contribution in [0, 0.1) is 6.92 Å². The van der Waals surface area contributed by atoms with E-state index in [4.69, 9.17) is 0 Å². The van der Waals surface area contributed by atoms with Gasteiger partial charge in [0.1, 0.15) is 11.3 Å². The van der Waals surface area contributed by atoms with E-state index in [0.29, 0.717) is 11.6 Å². The highest BCUT2D eigenvalue weighted by Crippen LogP contribution is 2.24. The summed E-state index contributed by atoms with van der Waals surface area (Å²) in [7, 11) is 0. The van der Waals surface area contributed by atoms with Gasteiger partial charge in [0.25, 0.3) is 5.95 Å². The number of aromatic amines is 1. The number of hydrogen-bond donors (Lipinski definition) is 3. The first-order chi connectivity index (χ1) is 11.7. The number of fused-ring (bicyclic) bond motifs is 3. The fourth-order valence-corrected chi connectivity index (χ4v) is 2.52. The standard InChI is InChI=1S/C17H14N6O/c1-10-3-2-4-13-14(10)19-16-15(13)21-23-17(20-16)22-18-9-11-5-7-12(24)8-6-11/h2-9,24H,1H3,(H2,19,20,22,23)/b18-9+. The Morgan fingerprint density at radius 1 is 1.12 bits per heavy atom. The Balaban J connectivity index is 1.62. The molecule has 0 spiro atoms. The van der Waals surface area contributed by atoms with Crippen LogP contribution in [0.25, 0.3) is 22.1 Å². The predicted octanol–water partition coefficient (Wildman–Crippen LogP) is 2.97. The summed E-state index contributed by atoms with van der Waals surface area (Å²) in [5.74, 6) is 0.522. The van der Waals surface area contributed by atoms with E-state index in [9.17, 15) is 5.11 Å². The highest BCUT2D eigenvalue weighted by molar-refractivity contribution is 6.04. The number of hydrogen-bond acceptors (Lipinski definition) is 6. The van der Waals surface area contributed by atoms with Gasteiger partial charge in [0.05, 0.1) is 11.7 Å². The number of anilines is 1. The molecule has 7 heteroatoms. The topological polar surface area (TPSA) is 99.1 Å². The predicted molar refractivity (Wildman–Crippen MR) is 93.3 cm³/mol. The fraction of sp³-hybridized carbons (Fsp3) is 0.0588. The van der Waals surface area contributed by atoms with E-state index in [1.165, 1.54) is 0 Å². The molecule has 0 aliphatic carbocycles. The third-order valence-electron chi connectivity index (χ3n) is 3.73. The lowest BCUT2D eigenvalue weighted by molar-refractivity contribution is 0.475. The van der Waals surface area contributed by atoms with Crippen molar-refractivity contribution in [3.05, 3.63) is 53.6 Å². The van der Waals surface area contributed by atoms with Gasteiger partial charge >= 0.3 is 0 Å². The molecule has 3 N–H and O–H groups in total. The molecule has 2 heterocycles. The molecule has 0 atom stereocenters. The summed E-state index contributed by atoms with van der Waals surface area (Å²) in [5.41, 5.74) is 7.15. The number of aryl methyl sites for hydroxylation is 1. The SMILES string of the molecule is Cc1cccc2c1[nH]c1nc(N/N=C/c3ccc(O)cc3)nnc12. The first-order valence-electron chi connectivity index (χ1n) is 7.40. The number of nitrogens with zero attached hydrogens (tertiary/aromatic N) is 4. The highest BCUT2D eigenvalue weighted by atomic mass is 16.3. The van der Waals surface area contributed by atoms with E-state index in [1.807, 2.05) is 25.1 Å². The third kappa shape index (κ3) is 2.52. The summed E-state index contributed by atoms with van der Waals surface area (Å²) in [6.07, 6.45) is 1.61. The largest absolute Gasteiger partial charge is 0.508 e. The Morgan fingerprint density at radius 2 is 1.96 bits per heavy atom. The summed E-state index contributed by atoms with van der Waals surface area (Å²) >= 11 is 0. The van der Waals surface area contributed by atoms with Gasteiger partial charge in [-0.1, -0.05) is 18.2 Å². The summed E-state index contributed by atoms with van der Waals surface area (Å²) in [5, 5.41) is 22.6. The second kappa shape index (κ2) is 5.62. The van der Waals surface area contributed by atoms with Crippen molar-refractivity contribution in [1.82, 2.24) is 20.2 Å². The van der Waals surface area contributed by atoms with E-state index < -0.39 is 0 Å². The fourth-order valence-electron chi connectivity index (χ4n) is 2.52. The van der Waals surface area contributed by atoms with Crippen LogP contribution in [0.4, 0.5) is 5.95 Å². The summed E-state index contributed by atoms with van der Waals surface area (Å²) in [4.78, 5) is 7.67. The summed E-state index contributed by atoms with van der Waals surface area (Å²) in [6.45, 7) is 2.03. The molecule has 0 saturated carbocycles. The molecule has 2 aromatic carbocycles. The van der Waals surface area contributed by atoms with Crippen LogP contribution >= 0.6 is 0 Å². The van der Waals surface area contributed by atoms with Crippen LogP contribution in [0.3, 0.4) is 0 Å². The molecule has 0 amide bonds. The summed E-state index contributed by atoms with van der Waals surface area (Å²) in [6, 6.07) is 12.7. The minimum atomic E-state index is 0.215. The quantitative estimate of drug-likeness (QED) is 0.398. The molecule has 0 fully saturated rings. The van der Waals surface area contributed by atoms with Crippen LogP contribution in [0.15, 0.2) is 47.6 Å². The van der Waals surface area contributed by atoms with Crippen LogP contribution in [0.2, 0.25) is 0 Å². The Morgan fingerprint density at radius 3 is 2.79 bits per heavy atom. The molecule has 118 valence electrons. The van der Waals surface area contributed by atoms with Crippen molar-refractivity contribution in [3.63, 3.8) is 0 Å². The number of H-pyrrole nitrogens is 1. The number of aromatic hydroxyl groups is 1. The molecule has 0 radical (unpaired) electrons. The summed E-state index contributed by atoms with van der Waals surface area (Å²) < 4.78 is 0. The van der Waals surface area contributed by atoms with Crippen LogP contribution in [-0.4, -0.2) is 31.5 Å². The maximum absolute atomic E-state index is 9.25. The molecule has 4 aromatic rings. The third-order valence-corrected chi connectivity index (χ3v) is 3.73. The molecular formula is C17H14N6O. The Bertz CT molecular complexity index is 1050. The maximum atomic E-state index is 9.25. The monoisotopic (exact) mass is 318 g/mol. The zero-order valence-electron chi connectivity index (χ0n) is 12.9. The lowest BCUT2D eigenvalue weighted by atomic mass is 10.1. The van der Waals surface area contributed by atoms with Gasteiger partial charge in [-0.05, 0) is 42.3 Å².